The summed E-state index contributed by atoms with van der Waals surface area (Å²) in [6, 6.07) is 17.9. The first-order chi connectivity index (χ1) is 12.8. The Labute approximate surface area is 151 Å². The van der Waals surface area contributed by atoms with Gasteiger partial charge in [-0.2, -0.15) is 13.2 Å². The smallest absolute Gasteiger partial charge is 0.436 e. The van der Waals surface area contributed by atoms with E-state index in [0.29, 0.717) is 21.9 Å². The van der Waals surface area contributed by atoms with Crippen LogP contribution in [0, 0.1) is 0 Å². The molecule has 4 aromatic rings. The van der Waals surface area contributed by atoms with Gasteiger partial charge in [0.1, 0.15) is 5.52 Å². The van der Waals surface area contributed by atoms with E-state index >= 15 is 0 Å². The van der Waals surface area contributed by atoms with E-state index < -0.39 is 12.1 Å². The predicted molar refractivity (Wildman–Crippen MR) is 96.4 cm³/mol. The van der Waals surface area contributed by atoms with E-state index in [4.69, 9.17) is 4.42 Å². The highest BCUT2D eigenvalue weighted by Gasteiger charge is 2.41. The van der Waals surface area contributed by atoms with Crippen LogP contribution in [0.3, 0.4) is 0 Å². The number of nitrogens with zero attached hydrogens (tertiary/aromatic N) is 2. The van der Waals surface area contributed by atoms with Crippen LogP contribution in [0.5, 0.6) is 0 Å². The molecule has 3 aromatic carbocycles. The fourth-order valence-corrected chi connectivity index (χ4v) is 2.88. The fraction of sp³-hybridized carbons (Fsp3) is 0.100. The number of carbonyl (C=O) groups is 1. The summed E-state index contributed by atoms with van der Waals surface area (Å²) in [5.74, 6) is -1.59. The molecule has 1 heterocycles. The molecule has 0 aliphatic carbocycles. The summed E-state index contributed by atoms with van der Waals surface area (Å²) < 4.78 is 43.6. The Hall–Kier alpha value is -3.35. The Bertz CT molecular complexity index is 1160. The molecule has 1 amide bonds. The van der Waals surface area contributed by atoms with Crippen molar-refractivity contribution in [2.24, 2.45) is 0 Å². The highest BCUT2D eigenvalue weighted by Crippen LogP contribution is 2.30. The van der Waals surface area contributed by atoms with Gasteiger partial charge in [0.2, 0.25) is 5.89 Å². The molecule has 0 atom stereocenters. The Morgan fingerprint density at radius 1 is 1.00 bits per heavy atom. The molecule has 0 N–H and O–H groups in total. The molecular formula is C20H13F3N2O2. The van der Waals surface area contributed by atoms with Gasteiger partial charge in [0.05, 0.1) is 0 Å². The third-order valence-corrected chi connectivity index (χ3v) is 4.30. The van der Waals surface area contributed by atoms with Crippen LogP contribution in [0.25, 0.3) is 33.3 Å². The van der Waals surface area contributed by atoms with Crippen molar-refractivity contribution in [2.75, 3.05) is 11.9 Å². The van der Waals surface area contributed by atoms with Crippen molar-refractivity contribution in [3.05, 3.63) is 60.7 Å². The molecule has 0 spiro atoms. The van der Waals surface area contributed by atoms with E-state index in [0.717, 1.165) is 23.4 Å². The number of oxazole rings is 1. The summed E-state index contributed by atoms with van der Waals surface area (Å²) in [5.41, 5.74) is 1.63. The van der Waals surface area contributed by atoms with Gasteiger partial charge in [-0.3, -0.25) is 4.79 Å². The maximum Gasteiger partial charge on any atom is 0.471 e. The van der Waals surface area contributed by atoms with Crippen LogP contribution >= 0.6 is 0 Å². The van der Waals surface area contributed by atoms with E-state index in [-0.39, 0.29) is 5.69 Å². The Balaban J connectivity index is 1.73. The van der Waals surface area contributed by atoms with E-state index in [1.165, 1.54) is 18.2 Å². The van der Waals surface area contributed by atoms with Crippen LogP contribution in [-0.2, 0) is 4.79 Å². The van der Waals surface area contributed by atoms with Gasteiger partial charge in [0.15, 0.2) is 5.58 Å². The number of fused-ring (bicyclic) bond motifs is 2. The molecule has 4 rings (SSSR count). The minimum Gasteiger partial charge on any atom is -0.436 e. The Morgan fingerprint density at radius 3 is 2.48 bits per heavy atom. The highest BCUT2D eigenvalue weighted by molar-refractivity contribution is 5.98. The summed E-state index contributed by atoms with van der Waals surface area (Å²) in [6.07, 6.45) is -4.94. The standard InChI is InChI=1S/C20H13F3N2O2/c1-25(19(26)20(21,22)23)15-8-9-16-17(11-15)27-18(24-16)14-7-6-12-4-2-3-5-13(12)10-14/h2-11H,1H3. The molecule has 1 aromatic heterocycles. The van der Waals surface area contributed by atoms with Crippen LogP contribution in [0.1, 0.15) is 0 Å². The summed E-state index contributed by atoms with van der Waals surface area (Å²) in [5, 5.41) is 2.10. The van der Waals surface area contributed by atoms with Crippen LogP contribution < -0.4 is 4.90 Å². The lowest BCUT2D eigenvalue weighted by Gasteiger charge is -2.18. The average Bonchev–Trinajstić information content (AvgIpc) is 3.09. The monoisotopic (exact) mass is 370 g/mol. The third kappa shape index (κ3) is 3.12. The zero-order chi connectivity index (χ0) is 19.2. The first kappa shape index (κ1) is 17.1. The molecular weight excluding hydrogens is 357 g/mol. The van der Waals surface area contributed by atoms with Crippen LogP contribution in [0.2, 0.25) is 0 Å². The largest absolute Gasteiger partial charge is 0.471 e. The molecule has 0 fully saturated rings. The van der Waals surface area contributed by atoms with E-state index in [9.17, 15) is 18.0 Å². The molecule has 0 unspecified atom stereocenters. The van der Waals surface area contributed by atoms with Crippen molar-refractivity contribution in [2.45, 2.75) is 6.18 Å². The molecule has 0 saturated carbocycles. The van der Waals surface area contributed by atoms with Crippen molar-refractivity contribution in [1.29, 1.82) is 0 Å². The molecule has 0 radical (unpaired) electrons. The third-order valence-electron chi connectivity index (χ3n) is 4.30. The first-order valence-corrected chi connectivity index (χ1v) is 8.07. The Kier molecular flexibility index (Phi) is 3.87. The minimum atomic E-state index is -4.94. The molecule has 7 heteroatoms. The van der Waals surface area contributed by atoms with Crippen molar-refractivity contribution in [1.82, 2.24) is 4.98 Å². The second-order valence-corrected chi connectivity index (χ2v) is 6.09. The lowest BCUT2D eigenvalue weighted by molar-refractivity contribution is -0.170. The number of rotatable bonds is 2. The SMILES string of the molecule is CN(C(=O)C(F)(F)F)c1ccc2nc(-c3ccc4ccccc4c3)oc2c1. The van der Waals surface area contributed by atoms with Crippen LogP contribution in [-0.4, -0.2) is 24.1 Å². The summed E-state index contributed by atoms with van der Waals surface area (Å²) in [7, 11) is 1.07. The van der Waals surface area contributed by atoms with Gasteiger partial charge in [-0.25, -0.2) is 4.98 Å². The van der Waals surface area contributed by atoms with Crippen LogP contribution in [0.15, 0.2) is 65.1 Å². The molecule has 4 nitrogen and oxygen atoms in total. The van der Waals surface area contributed by atoms with Gasteiger partial charge in [0, 0.05) is 24.4 Å². The summed E-state index contributed by atoms with van der Waals surface area (Å²) in [4.78, 5) is 16.3. The fourth-order valence-electron chi connectivity index (χ4n) is 2.88. The molecule has 0 aliphatic rings. The molecule has 27 heavy (non-hydrogen) atoms. The lowest BCUT2D eigenvalue weighted by Crippen LogP contribution is -2.38. The molecule has 0 saturated heterocycles. The second-order valence-electron chi connectivity index (χ2n) is 6.09. The zero-order valence-electron chi connectivity index (χ0n) is 14.1. The Morgan fingerprint density at radius 2 is 1.74 bits per heavy atom. The second kappa shape index (κ2) is 6.12. The first-order valence-electron chi connectivity index (χ1n) is 8.07. The number of benzene rings is 3. The predicted octanol–water partition coefficient (Wildman–Crippen LogP) is 5.17. The topological polar surface area (TPSA) is 46.3 Å². The minimum absolute atomic E-state index is 0.0750. The quantitative estimate of drug-likeness (QED) is 0.489. The van der Waals surface area contributed by atoms with E-state index in [1.807, 2.05) is 42.5 Å². The number of carbonyl (C=O) groups excluding carboxylic acids is 1. The average molecular weight is 370 g/mol. The molecule has 136 valence electrons. The highest BCUT2D eigenvalue weighted by atomic mass is 19.4. The van der Waals surface area contributed by atoms with Gasteiger partial charge in [0.25, 0.3) is 0 Å². The maximum absolute atomic E-state index is 12.6. The van der Waals surface area contributed by atoms with Crippen molar-refractivity contribution >= 4 is 33.5 Å². The van der Waals surface area contributed by atoms with Crippen molar-refractivity contribution < 1.29 is 22.4 Å². The zero-order valence-corrected chi connectivity index (χ0v) is 14.1. The summed E-state index contributed by atoms with van der Waals surface area (Å²) >= 11 is 0. The number of alkyl halides is 3. The summed E-state index contributed by atoms with van der Waals surface area (Å²) in [6.45, 7) is 0. The number of aromatic nitrogens is 1. The van der Waals surface area contributed by atoms with Gasteiger partial charge < -0.3 is 9.32 Å². The van der Waals surface area contributed by atoms with E-state index in [1.54, 1.807) is 0 Å². The molecule has 0 aliphatic heterocycles. The van der Waals surface area contributed by atoms with Crippen molar-refractivity contribution in [3.63, 3.8) is 0 Å². The van der Waals surface area contributed by atoms with Gasteiger partial charge >= 0.3 is 12.1 Å². The van der Waals surface area contributed by atoms with Crippen molar-refractivity contribution in [3.8, 4) is 11.5 Å². The van der Waals surface area contributed by atoms with Gasteiger partial charge in [-0.15, -0.1) is 0 Å². The number of halogens is 3. The normalized spacial score (nSPS) is 11.9. The van der Waals surface area contributed by atoms with Gasteiger partial charge in [-0.05, 0) is 35.0 Å². The number of anilines is 1. The van der Waals surface area contributed by atoms with Gasteiger partial charge in [-0.1, -0.05) is 30.3 Å². The molecule has 0 bridgehead atoms. The lowest BCUT2D eigenvalue weighted by atomic mass is 10.1. The van der Waals surface area contributed by atoms with Crippen LogP contribution in [0.4, 0.5) is 18.9 Å². The maximum atomic E-state index is 12.6. The number of amides is 1. The number of hydrogen-bond donors (Lipinski definition) is 0. The van der Waals surface area contributed by atoms with E-state index in [2.05, 4.69) is 4.98 Å². The number of hydrogen-bond acceptors (Lipinski definition) is 3.